The van der Waals surface area contributed by atoms with Gasteiger partial charge < -0.3 is 15.2 Å². The van der Waals surface area contributed by atoms with Crippen LogP contribution in [0.5, 0.6) is 0 Å². The summed E-state index contributed by atoms with van der Waals surface area (Å²) in [6, 6.07) is 3.32. The fourth-order valence-corrected chi connectivity index (χ4v) is 2.60. The largest absolute Gasteiger partial charge is 0.478 e. The molecule has 1 amide bonds. The molecule has 0 atom stereocenters. The monoisotopic (exact) mass is 394 g/mol. The van der Waals surface area contributed by atoms with Crippen LogP contribution in [0, 0.1) is 15.5 Å². The Bertz CT molecular complexity index is 687. The van der Waals surface area contributed by atoms with Crippen molar-refractivity contribution in [3.05, 3.63) is 33.9 Å². The SMILES string of the molecule is CCCCCCCCOCC(C)(C)C(=O)Nc1ccc([N+](=O)[O-])cc1C(=O)O. The number of nitro groups is 1. The summed E-state index contributed by atoms with van der Waals surface area (Å²) in [4.78, 5) is 34.1. The van der Waals surface area contributed by atoms with Crippen molar-refractivity contribution in [2.45, 2.75) is 59.3 Å². The van der Waals surface area contributed by atoms with Crippen LogP contribution < -0.4 is 5.32 Å². The Balaban J connectivity index is 2.58. The Morgan fingerprint density at radius 1 is 1.18 bits per heavy atom. The third kappa shape index (κ3) is 7.64. The Labute approximate surface area is 165 Å². The standard InChI is InChI=1S/C20H30N2O6/c1-4-5-6-7-8-9-12-28-14-20(2,3)19(25)21-17-11-10-15(22(26)27)13-16(17)18(23)24/h10-11,13H,4-9,12,14H2,1-3H3,(H,21,25)(H,23,24). The predicted octanol–water partition coefficient (Wildman–Crippen LogP) is 4.63. The number of hydrogen-bond donors (Lipinski definition) is 2. The number of amides is 1. The predicted molar refractivity (Wildman–Crippen MR) is 107 cm³/mol. The van der Waals surface area contributed by atoms with Gasteiger partial charge in [0.15, 0.2) is 0 Å². The summed E-state index contributed by atoms with van der Waals surface area (Å²) in [5.41, 5.74) is -1.53. The average molecular weight is 394 g/mol. The maximum Gasteiger partial charge on any atom is 0.338 e. The third-order valence-corrected chi connectivity index (χ3v) is 4.41. The fourth-order valence-electron chi connectivity index (χ4n) is 2.60. The van der Waals surface area contributed by atoms with Crippen LogP contribution in [0.15, 0.2) is 18.2 Å². The van der Waals surface area contributed by atoms with E-state index in [-0.39, 0.29) is 23.5 Å². The van der Waals surface area contributed by atoms with E-state index in [1.54, 1.807) is 13.8 Å². The van der Waals surface area contributed by atoms with Crippen molar-refractivity contribution >= 4 is 23.3 Å². The first-order chi connectivity index (χ1) is 13.2. The summed E-state index contributed by atoms with van der Waals surface area (Å²) in [5.74, 6) is -1.76. The molecule has 0 fully saturated rings. The molecule has 0 saturated heterocycles. The van der Waals surface area contributed by atoms with Crippen LogP contribution in [-0.2, 0) is 9.53 Å². The van der Waals surface area contributed by atoms with E-state index in [2.05, 4.69) is 12.2 Å². The average Bonchev–Trinajstić information content (AvgIpc) is 2.63. The van der Waals surface area contributed by atoms with Crippen LogP contribution in [-0.4, -0.2) is 35.1 Å². The van der Waals surface area contributed by atoms with Crippen molar-refractivity contribution in [2.24, 2.45) is 5.41 Å². The van der Waals surface area contributed by atoms with Gasteiger partial charge >= 0.3 is 5.97 Å². The number of carboxylic acid groups (broad SMARTS) is 1. The highest BCUT2D eigenvalue weighted by molar-refractivity contribution is 6.02. The number of hydrogen-bond acceptors (Lipinski definition) is 5. The fraction of sp³-hybridized carbons (Fsp3) is 0.600. The lowest BCUT2D eigenvalue weighted by Gasteiger charge is -2.24. The molecule has 0 aliphatic carbocycles. The Hall–Kier alpha value is -2.48. The molecule has 8 nitrogen and oxygen atoms in total. The second kappa shape index (κ2) is 11.4. The van der Waals surface area contributed by atoms with Crippen LogP contribution in [0.2, 0.25) is 0 Å². The summed E-state index contributed by atoms with van der Waals surface area (Å²) in [5, 5.41) is 22.6. The molecule has 0 heterocycles. The van der Waals surface area contributed by atoms with Crippen LogP contribution in [0.4, 0.5) is 11.4 Å². The molecule has 156 valence electrons. The summed E-state index contributed by atoms with van der Waals surface area (Å²) >= 11 is 0. The van der Waals surface area contributed by atoms with Crippen molar-refractivity contribution in [2.75, 3.05) is 18.5 Å². The number of non-ortho nitro benzene ring substituents is 1. The van der Waals surface area contributed by atoms with E-state index < -0.39 is 22.2 Å². The van der Waals surface area contributed by atoms with Crippen molar-refractivity contribution in [1.82, 2.24) is 0 Å². The molecule has 28 heavy (non-hydrogen) atoms. The van der Waals surface area contributed by atoms with Crippen molar-refractivity contribution in [3.8, 4) is 0 Å². The molecular weight excluding hydrogens is 364 g/mol. The number of nitrogens with one attached hydrogen (secondary N) is 1. The smallest absolute Gasteiger partial charge is 0.338 e. The molecule has 0 bridgehead atoms. The zero-order valence-electron chi connectivity index (χ0n) is 16.8. The summed E-state index contributed by atoms with van der Waals surface area (Å²) < 4.78 is 5.63. The molecule has 0 unspecified atom stereocenters. The highest BCUT2D eigenvalue weighted by Crippen LogP contribution is 2.25. The lowest BCUT2D eigenvalue weighted by atomic mass is 9.93. The van der Waals surface area contributed by atoms with E-state index in [4.69, 9.17) is 4.74 Å². The number of rotatable bonds is 13. The highest BCUT2D eigenvalue weighted by atomic mass is 16.6. The van der Waals surface area contributed by atoms with Gasteiger partial charge in [0.1, 0.15) is 0 Å². The van der Waals surface area contributed by atoms with Gasteiger partial charge in [-0.2, -0.15) is 0 Å². The van der Waals surface area contributed by atoms with Gasteiger partial charge in [-0.25, -0.2) is 4.79 Å². The lowest BCUT2D eigenvalue weighted by Crippen LogP contribution is -2.35. The van der Waals surface area contributed by atoms with Gasteiger partial charge in [0, 0.05) is 18.7 Å². The minimum Gasteiger partial charge on any atom is -0.478 e. The maximum atomic E-state index is 12.5. The molecule has 0 saturated carbocycles. The molecule has 0 aromatic heterocycles. The minimum atomic E-state index is -1.35. The van der Waals surface area contributed by atoms with E-state index in [1.165, 1.54) is 31.7 Å². The van der Waals surface area contributed by atoms with Crippen LogP contribution in [0.1, 0.15) is 69.7 Å². The molecule has 0 spiro atoms. The molecule has 2 N–H and O–H groups in total. The van der Waals surface area contributed by atoms with E-state index in [1.807, 2.05) is 0 Å². The molecule has 0 radical (unpaired) electrons. The van der Waals surface area contributed by atoms with Crippen LogP contribution in [0.25, 0.3) is 0 Å². The van der Waals surface area contributed by atoms with Crippen molar-refractivity contribution in [3.63, 3.8) is 0 Å². The number of aromatic carboxylic acids is 1. The molecule has 0 aliphatic heterocycles. The highest BCUT2D eigenvalue weighted by Gasteiger charge is 2.29. The van der Waals surface area contributed by atoms with Gasteiger partial charge in [-0.1, -0.05) is 39.0 Å². The molecular formula is C20H30N2O6. The van der Waals surface area contributed by atoms with Crippen molar-refractivity contribution < 1.29 is 24.4 Å². The van der Waals surface area contributed by atoms with Gasteiger partial charge in [-0.05, 0) is 26.3 Å². The van der Waals surface area contributed by atoms with Gasteiger partial charge in [-0.3, -0.25) is 14.9 Å². The second-order valence-corrected chi connectivity index (χ2v) is 7.45. The van der Waals surface area contributed by atoms with Gasteiger partial charge in [-0.15, -0.1) is 0 Å². The number of unbranched alkanes of at least 4 members (excludes halogenated alkanes) is 5. The Morgan fingerprint density at radius 3 is 2.43 bits per heavy atom. The van der Waals surface area contributed by atoms with E-state index in [0.29, 0.717) is 6.61 Å². The van der Waals surface area contributed by atoms with Crippen molar-refractivity contribution in [1.29, 1.82) is 0 Å². The molecule has 1 rings (SSSR count). The molecule has 1 aromatic rings. The minimum absolute atomic E-state index is 0.0205. The quantitative estimate of drug-likeness (QED) is 0.286. The summed E-state index contributed by atoms with van der Waals surface area (Å²) in [7, 11) is 0. The molecule has 0 aliphatic rings. The van der Waals surface area contributed by atoms with E-state index in [0.717, 1.165) is 25.0 Å². The van der Waals surface area contributed by atoms with Gasteiger partial charge in [0.2, 0.25) is 5.91 Å². The summed E-state index contributed by atoms with van der Waals surface area (Å²) in [6.07, 6.45) is 6.89. The third-order valence-electron chi connectivity index (χ3n) is 4.41. The summed E-state index contributed by atoms with van der Waals surface area (Å²) in [6.45, 7) is 6.35. The number of nitro benzene ring substituents is 1. The van der Waals surface area contributed by atoms with Crippen LogP contribution in [0.3, 0.4) is 0 Å². The number of nitrogens with zero attached hydrogens (tertiary/aromatic N) is 1. The zero-order chi connectivity index (χ0) is 21.2. The van der Waals surface area contributed by atoms with Crippen LogP contribution >= 0.6 is 0 Å². The maximum absolute atomic E-state index is 12.5. The number of benzene rings is 1. The number of carbonyl (C=O) groups is 2. The second-order valence-electron chi connectivity index (χ2n) is 7.45. The first-order valence-electron chi connectivity index (χ1n) is 9.60. The number of anilines is 1. The molecule has 1 aromatic carbocycles. The van der Waals surface area contributed by atoms with E-state index >= 15 is 0 Å². The van der Waals surface area contributed by atoms with Gasteiger partial charge in [0.25, 0.3) is 5.69 Å². The normalized spacial score (nSPS) is 11.2. The number of ether oxygens (including phenoxy) is 1. The first-order valence-corrected chi connectivity index (χ1v) is 9.60. The topological polar surface area (TPSA) is 119 Å². The first kappa shape index (κ1) is 23.6. The lowest BCUT2D eigenvalue weighted by molar-refractivity contribution is -0.384. The van der Waals surface area contributed by atoms with E-state index in [9.17, 15) is 24.8 Å². The zero-order valence-corrected chi connectivity index (χ0v) is 16.8. The number of carboxylic acids is 1. The number of carbonyl (C=O) groups excluding carboxylic acids is 1. The molecule has 8 heteroatoms. The van der Waals surface area contributed by atoms with Gasteiger partial charge in [0.05, 0.1) is 28.2 Å². The Morgan fingerprint density at radius 2 is 1.82 bits per heavy atom. The Kier molecular flexibility index (Phi) is 9.58.